The van der Waals surface area contributed by atoms with Gasteiger partial charge in [0.2, 0.25) is 5.75 Å². The van der Waals surface area contributed by atoms with Gasteiger partial charge in [0.25, 0.3) is 0 Å². The molecule has 0 radical (unpaired) electrons. The van der Waals surface area contributed by atoms with Crippen molar-refractivity contribution in [3.05, 3.63) is 82.4 Å². The highest BCUT2D eigenvalue weighted by molar-refractivity contribution is 5.66. The van der Waals surface area contributed by atoms with Gasteiger partial charge in [-0.1, -0.05) is 13.3 Å². The summed E-state index contributed by atoms with van der Waals surface area (Å²) in [5, 5.41) is 0. The van der Waals surface area contributed by atoms with Crippen LogP contribution >= 0.6 is 0 Å². The van der Waals surface area contributed by atoms with Crippen LogP contribution in [0.2, 0.25) is 0 Å². The second kappa shape index (κ2) is 12.0. The van der Waals surface area contributed by atoms with Gasteiger partial charge in [-0.3, -0.25) is 0 Å². The highest BCUT2D eigenvalue weighted by atomic mass is 19.4. The highest BCUT2D eigenvalue weighted by Gasteiger charge is 2.42. The van der Waals surface area contributed by atoms with Crippen molar-refractivity contribution in [3.63, 3.8) is 0 Å². The number of ether oxygens (including phenoxy) is 3. The zero-order chi connectivity index (χ0) is 31.0. The van der Waals surface area contributed by atoms with Gasteiger partial charge in [-0.15, -0.1) is 13.2 Å². The number of benzene rings is 3. The van der Waals surface area contributed by atoms with Crippen molar-refractivity contribution < 1.29 is 62.5 Å². The van der Waals surface area contributed by atoms with E-state index in [0.29, 0.717) is 18.9 Å². The number of alkyl halides is 5. The Morgan fingerprint density at radius 1 is 0.738 bits per heavy atom. The average Bonchev–Trinajstić information content (AvgIpc) is 2.85. The van der Waals surface area contributed by atoms with Crippen LogP contribution in [0.1, 0.15) is 49.8 Å². The third kappa shape index (κ3) is 6.90. The molecular weight excluding hydrogens is 593 g/mol. The summed E-state index contributed by atoms with van der Waals surface area (Å²) >= 11 is 0. The number of hydrogen-bond donors (Lipinski definition) is 0. The molecule has 1 saturated heterocycles. The first-order valence-corrected chi connectivity index (χ1v) is 12.5. The van der Waals surface area contributed by atoms with Gasteiger partial charge in [-0.05, 0) is 60.6 Å². The Balaban J connectivity index is 1.59. The molecule has 0 aliphatic carbocycles. The van der Waals surface area contributed by atoms with E-state index in [9.17, 15) is 48.3 Å². The van der Waals surface area contributed by atoms with Crippen LogP contribution in [0.25, 0.3) is 11.1 Å². The summed E-state index contributed by atoms with van der Waals surface area (Å²) in [7, 11) is 0. The van der Waals surface area contributed by atoms with E-state index in [1.165, 1.54) is 0 Å². The second-order valence-electron chi connectivity index (χ2n) is 9.61. The Morgan fingerprint density at radius 2 is 1.31 bits per heavy atom. The molecule has 2 atom stereocenters. The lowest BCUT2D eigenvalue weighted by atomic mass is 9.91. The Kier molecular flexibility index (Phi) is 8.95. The lowest BCUT2D eigenvalue weighted by Gasteiger charge is -2.29. The molecule has 3 aromatic carbocycles. The first-order valence-electron chi connectivity index (χ1n) is 12.5. The summed E-state index contributed by atoms with van der Waals surface area (Å²) in [5.41, 5.74) is -3.66. The summed E-state index contributed by atoms with van der Waals surface area (Å²) in [4.78, 5) is 0. The Labute approximate surface area is 231 Å². The van der Waals surface area contributed by atoms with E-state index in [4.69, 9.17) is 4.74 Å². The van der Waals surface area contributed by atoms with Crippen LogP contribution in [0.15, 0.2) is 36.4 Å². The van der Waals surface area contributed by atoms with Crippen molar-refractivity contribution in [2.45, 2.75) is 51.2 Å². The summed E-state index contributed by atoms with van der Waals surface area (Å²) in [6.45, 7) is 2.41. The molecule has 0 bridgehead atoms. The fourth-order valence-electron chi connectivity index (χ4n) is 4.76. The lowest BCUT2D eigenvalue weighted by Crippen LogP contribution is -2.25. The first-order chi connectivity index (χ1) is 19.6. The maximum atomic E-state index is 15.0. The van der Waals surface area contributed by atoms with Gasteiger partial charge in [0, 0.05) is 12.1 Å². The molecule has 3 nitrogen and oxygen atoms in total. The molecule has 2 unspecified atom stereocenters. The van der Waals surface area contributed by atoms with E-state index in [-0.39, 0.29) is 29.8 Å². The fraction of sp³-hybridized carbons (Fsp3) is 0.357. The molecule has 42 heavy (non-hydrogen) atoms. The van der Waals surface area contributed by atoms with Crippen LogP contribution in [0.5, 0.6) is 11.5 Å². The molecule has 0 saturated carbocycles. The largest absolute Gasteiger partial charge is 0.573 e. The number of halogens is 11. The minimum atomic E-state index is -5.52. The standard InChI is InChI=1S/C28H21F11O3/c1-2-3-13-4-5-23(40-12-13)14-6-17(29)24(18(30)7-14)15-8-19(31)25(20(32)9-15)27(35,36)41-16-10-21(33)26(22(34)11-16)42-28(37,38)39/h6-11,13,23H,2-5,12H2,1H3. The first kappa shape index (κ1) is 31.4. The zero-order valence-corrected chi connectivity index (χ0v) is 21.5. The molecule has 228 valence electrons. The van der Waals surface area contributed by atoms with Gasteiger partial charge in [-0.25, -0.2) is 26.3 Å². The highest BCUT2D eigenvalue weighted by Crippen LogP contribution is 2.41. The summed E-state index contributed by atoms with van der Waals surface area (Å²) < 4.78 is 166. The van der Waals surface area contributed by atoms with Gasteiger partial charge < -0.3 is 14.2 Å². The van der Waals surface area contributed by atoms with Crippen molar-refractivity contribution >= 4 is 0 Å². The van der Waals surface area contributed by atoms with Gasteiger partial charge in [0.05, 0.1) is 18.3 Å². The Bertz CT molecular complexity index is 1380. The maximum Gasteiger partial charge on any atom is 0.573 e. The molecule has 0 amide bonds. The molecule has 1 fully saturated rings. The SMILES string of the molecule is CCCC1CCC(c2cc(F)c(-c3cc(F)c(C(F)(F)Oc4cc(F)c(OC(F)(F)F)c(F)c4)c(F)c3)c(F)c2)OC1. The second-order valence-corrected chi connectivity index (χ2v) is 9.61. The topological polar surface area (TPSA) is 27.7 Å². The predicted octanol–water partition coefficient (Wildman–Crippen LogP) is 9.48. The molecule has 1 heterocycles. The monoisotopic (exact) mass is 614 g/mol. The molecule has 14 heteroatoms. The molecule has 4 rings (SSSR count). The Hall–Kier alpha value is -3.55. The normalized spacial score (nSPS) is 17.8. The van der Waals surface area contributed by atoms with E-state index in [2.05, 4.69) is 9.47 Å². The van der Waals surface area contributed by atoms with E-state index < -0.39 is 81.7 Å². The van der Waals surface area contributed by atoms with E-state index in [1.54, 1.807) is 0 Å². The van der Waals surface area contributed by atoms with Gasteiger partial charge in [0.15, 0.2) is 11.6 Å². The molecule has 0 N–H and O–H groups in total. The molecule has 1 aliphatic heterocycles. The van der Waals surface area contributed by atoms with Crippen LogP contribution in [-0.2, 0) is 10.8 Å². The minimum absolute atomic E-state index is 0.130. The lowest BCUT2D eigenvalue weighted by molar-refractivity contribution is -0.276. The Morgan fingerprint density at radius 3 is 1.79 bits per heavy atom. The molecule has 0 aromatic heterocycles. The van der Waals surface area contributed by atoms with Crippen molar-refractivity contribution in [2.24, 2.45) is 5.92 Å². The molecular formula is C28H21F11O3. The predicted molar refractivity (Wildman–Crippen MR) is 126 cm³/mol. The molecule has 1 aliphatic rings. The fourth-order valence-corrected chi connectivity index (χ4v) is 4.76. The summed E-state index contributed by atoms with van der Waals surface area (Å²) in [6.07, 6.45) is -8.00. The van der Waals surface area contributed by atoms with Crippen LogP contribution in [0, 0.1) is 40.8 Å². The van der Waals surface area contributed by atoms with Crippen molar-refractivity contribution in [3.8, 4) is 22.6 Å². The summed E-state index contributed by atoms with van der Waals surface area (Å²) in [6, 6.07) is 1.97. The third-order valence-electron chi connectivity index (χ3n) is 6.56. The van der Waals surface area contributed by atoms with Crippen LogP contribution < -0.4 is 9.47 Å². The number of rotatable bonds is 8. The zero-order valence-electron chi connectivity index (χ0n) is 21.5. The van der Waals surface area contributed by atoms with Crippen LogP contribution in [0.4, 0.5) is 48.3 Å². The van der Waals surface area contributed by atoms with Gasteiger partial charge in [0.1, 0.15) is 34.6 Å². The number of hydrogen-bond acceptors (Lipinski definition) is 3. The smallest absolute Gasteiger partial charge is 0.429 e. The molecule has 0 spiro atoms. The van der Waals surface area contributed by atoms with Crippen LogP contribution in [-0.4, -0.2) is 13.0 Å². The van der Waals surface area contributed by atoms with Crippen molar-refractivity contribution in [1.29, 1.82) is 0 Å². The van der Waals surface area contributed by atoms with Gasteiger partial charge in [-0.2, -0.15) is 8.78 Å². The van der Waals surface area contributed by atoms with E-state index in [1.807, 2.05) is 6.92 Å². The van der Waals surface area contributed by atoms with E-state index >= 15 is 0 Å². The van der Waals surface area contributed by atoms with Crippen LogP contribution in [0.3, 0.4) is 0 Å². The quantitative estimate of drug-likeness (QED) is 0.237. The molecule has 3 aromatic rings. The van der Waals surface area contributed by atoms with Crippen molar-refractivity contribution in [2.75, 3.05) is 6.61 Å². The van der Waals surface area contributed by atoms with E-state index in [0.717, 1.165) is 31.4 Å². The summed E-state index contributed by atoms with van der Waals surface area (Å²) in [5.74, 6) is -13.9. The van der Waals surface area contributed by atoms with Crippen molar-refractivity contribution in [1.82, 2.24) is 0 Å². The third-order valence-corrected chi connectivity index (χ3v) is 6.56. The average molecular weight is 614 g/mol. The maximum absolute atomic E-state index is 15.0. The van der Waals surface area contributed by atoms with Gasteiger partial charge >= 0.3 is 12.5 Å². The minimum Gasteiger partial charge on any atom is -0.429 e.